The number of rotatable bonds is 10. The Bertz CT molecular complexity index is 617. The highest BCUT2D eigenvalue weighted by molar-refractivity contribution is 5.96. The molecule has 11 heteroatoms. The first kappa shape index (κ1) is 23.3. The normalized spacial score (nSPS) is 19.4. The number of carbonyl (C=O) groups excluding carboxylic acids is 4. The molecule has 1 heterocycles. The molecule has 4 unspecified atom stereocenters. The van der Waals surface area contributed by atoms with Crippen LogP contribution in [0.5, 0.6) is 0 Å². The number of primary amides is 1. The lowest BCUT2D eigenvalue weighted by Crippen LogP contribution is -2.58. The predicted octanol–water partition coefficient (Wildman–Crippen LogP) is -2.17. The topological polar surface area (TPSA) is 180 Å². The van der Waals surface area contributed by atoms with Crippen LogP contribution in [0.25, 0.3) is 0 Å². The third-order valence-electron chi connectivity index (χ3n) is 4.39. The van der Waals surface area contributed by atoms with Gasteiger partial charge < -0.3 is 32.1 Å². The number of hydrogen-bond acceptors (Lipinski definition) is 6. The van der Waals surface area contributed by atoms with Crippen LogP contribution in [0.15, 0.2) is 0 Å². The Morgan fingerprint density at radius 1 is 1.07 bits per heavy atom. The number of hydrogen-bond donors (Lipinski definition) is 6. The third kappa shape index (κ3) is 7.14. The lowest BCUT2D eigenvalue weighted by atomic mass is 10.0. The van der Waals surface area contributed by atoms with Gasteiger partial charge in [-0.25, -0.2) is 0 Å². The standard InChI is InChI=1S/C17H29N5O6/c1-8(2)13(22-14(24)10-5-4-6-19-10)16(26)21-11(7-12(18)23)15(25)20-9(3)17(27)28/h8-11,13,19H,4-7H2,1-3H3,(H2,18,23)(H,20,25)(H,21,26)(H,22,24)(H,27,28). The Balaban J connectivity index is 2.83. The number of carboxylic acid groups (broad SMARTS) is 1. The Morgan fingerprint density at radius 3 is 2.18 bits per heavy atom. The monoisotopic (exact) mass is 399 g/mol. The molecule has 1 aliphatic heterocycles. The maximum atomic E-state index is 12.7. The second-order valence-corrected chi connectivity index (χ2v) is 7.18. The molecule has 0 saturated carbocycles. The Labute approximate surface area is 163 Å². The first-order valence-electron chi connectivity index (χ1n) is 9.18. The first-order chi connectivity index (χ1) is 13.0. The molecule has 11 nitrogen and oxygen atoms in total. The van der Waals surface area contributed by atoms with Crippen molar-refractivity contribution in [3.63, 3.8) is 0 Å². The molecule has 4 atom stereocenters. The van der Waals surface area contributed by atoms with Crippen LogP contribution in [0.4, 0.5) is 0 Å². The molecule has 0 aromatic rings. The van der Waals surface area contributed by atoms with Crippen LogP contribution < -0.4 is 27.0 Å². The van der Waals surface area contributed by atoms with Gasteiger partial charge in [0.15, 0.2) is 0 Å². The molecule has 0 aromatic carbocycles. The zero-order chi connectivity index (χ0) is 21.4. The fourth-order valence-electron chi connectivity index (χ4n) is 2.74. The lowest BCUT2D eigenvalue weighted by Gasteiger charge is -2.26. The average molecular weight is 399 g/mol. The molecule has 0 aromatic heterocycles. The summed E-state index contributed by atoms with van der Waals surface area (Å²) in [5, 5.41) is 19.2. The van der Waals surface area contributed by atoms with Crippen molar-refractivity contribution in [1.82, 2.24) is 21.3 Å². The van der Waals surface area contributed by atoms with E-state index in [-0.39, 0.29) is 17.9 Å². The minimum Gasteiger partial charge on any atom is -0.480 e. The van der Waals surface area contributed by atoms with Gasteiger partial charge in [0.2, 0.25) is 23.6 Å². The van der Waals surface area contributed by atoms with Crippen molar-refractivity contribution >= 4 is 29.6 Å². The number of amides is 4. The summed E-state index contributed by atoms with van der Waals surface area (Å²) >= 11 is 0. The van der Waals surface area contributed by atoms with Crippen LogP contribution in [0.1, 0.15) is 40.0 Å². The van der Waals surface area contributed by atoms with Gasteiger partial charge in [-0.1, -0.05) is 13.8 Å². The van der Waals surface area contributed by atoms with Crippen molar-refractivity contribution in [2.24, 2.45) is 11.7 Å². The molecular formula is C17H29N5O6. The van der Waals surface area contributed by atoms with E-state index in [1.54, 1.807) is 13.8 Å². The maximum absolute atomic E-state index is 12.7. The van der Waals surface area contributed by atoms with Gasteiger partial charge in [0.1, 0.15) is 18.1 Å². The van der Waals surface area contributed by atoms with Gasteiger partial charge in [-0.15, -0.1) is 0 Å². The zero-order valence-corrected chi connectivity index (χ0v) is 16.3. The molecular weight excluding hydrogens is 370 g/mol. The smallest absolute Gasteiger partial charge is 0.325 e. The van der Waals surface area contributed by atoms with Gasteiger partial charge in [0.25, 0.3) is 0 Å². The highest BCUT2D eigenvalue weighted by Gasteiger charge is 2.32. The van der Waals surface area contributed by atoms with Crippen LogP contribution in [0, 0.1) is 5.92 Å². The van der Waals surface area contributed by atoms with Crippen LogP contribution >= 0.6 is 0 Å². The van der Waals surface area contributed by atoms with Crippen LogP contribution in [0.3, 0.4) is 0 Å². The van der Waals surface area contributed by atoms with Crippen molar-refractivity contribution in [3.8, 4) is 0 Å². The summed E-state index contributed by atoms with van der Waals surface area (Å²) in [6, 6.07) is -3.88. The Kier molecular flexibility index (Phi) is 8.83. The number of aliphatic carboxylic acids is 1. The molecule has 0 bridgehead atoms. The summed E-state index contributed by atoms with van der Waals surface area (Å²) < 4.78 is 0. The molecule has 0 aliphatic carbocycles. The van der Waals surface area contributed by atoms with E-state index in [1.165, 1.54) is 6.92 Å². The van der Waals surface area contributed by atoms with E-state index in [4.69, 9.17) is 10.8 Å². The second kappa shape index (κ2) is 10.6. The summed E-state index contributed by atoms with van der Waals surface area (Å²) in [5.41, 5.74) is 5.13. The van der Waals surface area contributed by atoms with E-state index in [2.05, 4.69) is 21.3 Å². The first-order valence-corrected chi connectivity index (χ1v) is 9.18. The summed E-state index contributed by atoms with van der Waals surface area (Å²) in [7, 11) is 0. The van der Waals surface area contributed by atoms with Gasteiger partial charge in [-0.3, -0.25) is 24.0 Å². The maximum Gasteiger partial charge on any atom is 0.325 e. The van der Waals surface area contributed by atoms with Crippen LogP contribution in [-0.4, -0.2) is 65.4 Å². The predicted molar refractivity (Wildman–Crippen MR) is 98.8 cm³/mol. The number of nitrogens with two attached hydrogens (primary N) is 1. The van der Waals surface area contributed by atoms with Gasteiger partial charge in [0.05, 0.1) is 12.5 Å². The molecule has 1 aliphatic rings. The van der Waals surface area contributed by atoms with Crippen molar-refractivity contribution < 1.29 is 29.1 Å². The number of carboxylic acids is 1. The highest BCUT2D eigenvalue weighted by atomic mass is 16.4. The van der Waals surface area contributed by atoms with Crippen molar-refractivity contribution in [3.05, 3.63) is 0 Å². The Morgan fingerprint density at radius 2 is 1.71 bits per heavy atom. The second-order valence-electron chi connectivity index (χ2n) is 7.18. The minimum atomic E-state index is -1.35. The van der Waals surface area contributed by atoms with E-state index in [1.807, 2.05) is 0 Å². The summed E-state index contributed by atoms with van der Waals surface area (Å²) in [5.74, 6) is -4.24. The summed E-state index contributed by atoms with van der Waals surface area (Å²) in [6.07, 6.45) is 1.02. The molecule has 1 saturated heterocycles. The van der Waals surface area contributed by atoms with Gasteiger partial charge in [-0.05, 0) is 32.2 Å². The Hall–Kier alpha value is -2.69. The van der Waals surface area contributed by atoms with Crippen molar-refractivity contribution in [2.45, 2.75) is 64.2 Å². The molecule has 1 rings (SSSR count). The number of carbonyl (C=O) groups is 5. The summed E-state index contributed by atoms with van der Waals surface area (Å²) in [4.78, 5) is 59.4. The molecule has 0 spiro atoms. The number of nitrogens with one attached hydrogen (secondary N) is 4. The minimum absolute atomic E-state index is 0.291. The summed E-state index contributed by atoms with van der Waals surface area (Å²) in [6.45, 7) is 5.42. The van der Waals surface area contributed by atoms with E-state index in [0.29, 0.717) is 6.42 Å². The van der Waals surface area contributed by atoms with Crippen LogP contribution in [-0.2, 0) is 24.0 Å². The van der Waals surface area contributed by atoms with Gasteiger partial charge >= 0.3 is 5.97 Å². The quantitative estimate of drug-likeness (QED) is 0.242. The van der Waals surface area contributed by atoms with Gasteiger partial charge in [0, 0.05) is 0 Å². The fourth-order valence-corrected chi connectivity index (χ4v) is 2.74. The van der Waals surface area contributed by atoms with Gasteiger partial charge in [-0.2, -0.15) is 0 Å². The van der Waals surface area contributed by atoms with Crippen LogP contribution in [0.2, 0.25) is 0 Å². The van der Waals surface area contributed by atoms with E-state index in [9.17, 15) is 24.0 Å². The fraction of sp³-hybridized carbons (Fsp3) is 0.706. The molecule has 1 fully saturated rings. The highest BCUT2D eigenvalue weighted by Crippen LogP contribution is 2.08. The van der Waals surface area contributed by atoms with E-state index < -0.39 is 48.2 Å². The SMILES string of the molecule is CC(NC(=O)C(CC(N)=O)NC(=O)C(NC(=O)C1CCCN1)C(C)C)C(=O)O. The molecule has 158 valence electrons. The van der Waals surface area contributed by atoms with E-state index in [0.717, 1.165) is 13.0 Å². The molecule has 4 amide bonds. The van der Waals surface area contributed by atoms with Crippen molar-refractivity contribution in [2.75, 3.05) is 6.54 Å². The average Bonchev–Trinajstić information content (AvgIpc) is 3.12. The van der Waals surface area contributed by atoms with E-state index >= 15 is 0 Å². The van der Waals surface area contributed by atoms with Crippen molar-refractivity contribution in [1.29, 1.82) is 0 Å². The largest absolute Gasteiger partial charge is 0.480 e. The lowest BCUT2D eigenvalue weighted by molar-refractivity contribution is -0.142. The third-order valence-corrected chi connectivity index (χ3v) is 4.39. The molecule has 0 radical (unpaired) electrons. The molecule has 28 heavy (non-hydrogen) atoms. The molecule has 7 N–H and O–H groups in total. The zero-order valence-electron chi connectivity index (χ0n) is 16.3.